The second kappa shape index (κ2) is 6.68. The molecule has 5 nitrogen and oxygen atoms in total. The number of hydrogen-bond acceptors (Lipinski definition) is 5. The zero-order chi connectivity index (χ0) is 14.6. The molecule has 1 aliphatic rings. The predicted molar refractivity (Wildman–Crippen MR) is 76.9 cm³/mol. The number of hydrogen-bond donors (Lipinski definition) is 1. The third-order valence-electron chi connectivity index (χ3n) is 4.00. The smallest absolute Gasteiger partial charge is 0.325 e. The van der Waals surface area contributed by atoms with Gasteiger partial charge in [-0.2, -0.15) is 0 Å². The van der Waals surface area contributed by atoms with Crippen LogP contribution in [0.3, 0.4) is 0 Å². The molecule has 0 bridgehead atoms. The molecule has 0 spiro atoms. The quantitative estimate of drug-likeness (QED) is 0.715. The van der Waals surface area contributed by atoms with Crippen LogP contribution in [0.25, 0.3) is 0 Å². The van der Waals surface area contributed by atoms with Crippen molar-refractivity contribution in [2.75, 3.05) is 40.3 Å². The van der Waals surface area contributed by atoms with Gasteiger partial charge >= 0.3 is 5.97 Å². The SMILES string of the molecule is CCOC(=O)C(C)(N)CCN1CC(C)C(N(C)C)C1. The summed E-state index contributed by atoms with van der Waals surface area (Å²) in [5.74, 6) is 0.355. The minimum absolute atomic E-state index is 0.300. The summed E-state index contributed by atoms with van der Waals surface area (Å²) in [5, 5.41) is 0. The van der Waals surface area contributed by atoms with Gasteiger partial charge < -0.3 is 20.3 Å². The summed E-state index contributed by atoms with van der Waals surface area (Å²) in [6, 6.07) is 0.589. The van der Waals surface area contributed by atoms with Gasteiger partial charge in [0.15, 0.2) is 0 Å². The Morgan fingerprint density at radius 2 is 2.11 bits per heavy atom. The lowest BCUT2D eigenvalue weighted by molar-refractivity contribution is -0.149. The fourth-order valence-corrected chi connectivity index (χ4v) is 2.69. The van der Waals surface area contributed by atoms with E-state index in [0.717, 1.165) is 19.6 Å². The first kappa shape index (κ1) is 16.4. The van der Waals surface area contributed by atoms with E-state index in [2.05, 4.69) is 30.8 Å². The van der Waals surface area contributed by atoms with Gasteiger partial charge in [-0.25, -0.2) is 0 Å². The molecule has 0 aliphatic carbocycles. The van der Waals surface area contributed by atoms with Crippen LogP contribution in [0.15, 0.2) is 0 Å². The highest BCUT2D eigenvalue weighted by Crippen LogP contribution is 2.21. The maximum Gasteiger partial charge on any atom is 0.325 e. The predicted octanol–water partition coefficient (Wildman–Crippen LogP) is 0.539. The van der Waals surface area contributed by atoms with Crippen LogP contribution in [0.4, 0.5) is 0 Å². The van der Waals surface area contributed by atoms with Gasteiger partial charge in [-0.1, -0.05) is 6.92 Å². The van der Waals surface area contributed by atoms with E-state index in [0.29, 0.717) is 25.0 Å². The fraction of sp³-hybridized carbons (Fsp3) is 0.929. The number of nitrogens with zero attached hydrogens (tertiary/aromatic N) is 2. The van der Waals surface area contributed by atoms with Gasteiger partial charge in [0.25, 0.3) is 0 Å². The molecule has 0 radical (unpaired) electrons. The minimum Gasteiger partial charge on any atom is -0.465 e. The van der Waals surface area contributed by atoms with Crippen molar-refractivity contribution in [3.05, 3.63) is 0 Å². The van der Waals surface area contributed by atoms with Crippen molar-refractivity contribution >= 4 is 5.97 Å². The zero-order valence-electron chi connectivity index (χ0n) is 13.0. The first-order valence-corrected chi connectivity index (χ1v) is 7.12. The van der Waals surface area contributed by atoms with E-state index in [1.54, 1.807) is 13.8 Å². The van der Waals surface area contributed by atoms with E-state index in [-0.39, 0.29) is 5.97 Å². The molecular weight excluding hydrogens is 242 g/mol. The highest BCUT2D eigenvalue weighted by atomic mass is 16.5. The summed E-state index contributed by atoms with van der Waals surface area (Å²) in [6.45, 7) is 9.19. The van der Waals surface area contributed by atoms with E-state index in [1.165, 1.54) is 0 Å². The van der Waals surface area contributed by atoms with Gasteiger partial charge in [0, 0.05) is 25.7 Å². The van der Waals surface area contributed by atoms with E-state index >= 15 is 0 Å². The average Bonchev–Trinajstić information content (AvgIpc) is 2.68. The zero-order valence-corrected chi connectivity index (χ0v) is 13.0. The lowest BCUT2D eigenvalue weighted by Crippen LogP contribution is -2.48. The number of esters is 1. The van der Waals surface area contributed by atoms with Gasteiger partial charge in [0.05, 0.1) is 6.61 Å². The maximum atomic E-state index is 11.7. The van der Waals surface area contributed by atoms with E-state index < -0.39 is 5.54 Å². The minimum atomic E-state index is -0.880. The number of ether oxygens (including phenoxy) is 1. The standard InChI is InChI=1S/C14H29N3O2/c1-6-19-13(18)14(3,15)7-8-17-9-11(2)12(10-17)16(4)5/h11-12H,6-10,15H2,1-5H3. The summed E-state index contributed by atoms with van der Waals surface area (Å²) in [6.07, 6.45) is 0.638. The third kappa shape index (κ3) is 4.44. The van der Waals surface area contributed by atoms with E-state index in [1.807, 2.05) is 0 Å². The lowest BCUT2D eigenvalue weighted by Gasteiger charge is -2.26. The Morgan fingerprint density at radius 3 is 2.58 bits per heavy atom. The molecule has 0 saturated carbocycles. The second-order valence-electron chi connectivity index (χ2n) is 6.16. The fourth-order valence-electron chi connectivity index (χ4n) is 2.69. The molecule has 1 rings (SSSR count). The molecule has 19 heavy (non-hydrogen) atoms. The number of carbonyl (C=O) groups is 1. The van der Waals surface area contributed by atoms with Crippen molar-refractivity contribution in [3.63, 3.8) is 0 Å². The normalized spacial score (nSPS) is 27.5. The van der Waals surface area contributed by atoms with Crippen molar-refractivity contribution < 1.29 is 9.53 Å². The molecule has 112 valence electrons. The Kier molecular flexibility index (Phi) is 5.77. The van der Waals surface area contributed by atoms with Crippen LogP contribution >= 0.6 is 0 Å². The van der Waals surface area contributed by atoms with Crippen LogP contribution in [0.1, 0.15) is 27.2 Å². The molecule has 0 aromatic carbocycles. The van der Waals surface area contributed by atoms with Crippen molar-refractivity contribution in [2.45, 2.75) is 38.8 Å². The Labute approximate surface area is 117 Å². The third-order valence-corrected chi connectivity index (χ3v) is 4.00. The number of rotatable bonds is 6. The Balaban J connectivity index is 2.43. The summed E-state index contributed by atoms with van der Waals surface area (Å²) in [5.41, 5.74) is 5.16. The topological polar surface area (TPSA) is 58.8 Å². The number of likely N-dealkylation sites (N-methyl/N-ethyl adjacent to an activating group) is 1. The van der Waals surface area contributed by atoms with Crippen molar-refractivity contribution in [1.29, 1.82) is 0 Å². The molecule has 3 atom stereocenters. The molecule has 1 fully saturated rings. The molecule has 0 amide bonds. The van der Waals surface area contributed by atoms with Crippen LogP contribution < -0.4 is 5.73 Å². The van der Waals surface area contributed by atoms with Gasteiger partial charge in [0.1, 0.15) is 5.54 Å². The molecule has 3 unspecified atom stereocenters. The summed E-state index contributed by atoms with van der Waals surface area (Å²) < 4.78 is 5.01. The number of nitrogens with two attached hydrogens (primary N) is 1. The van der Waals surface area contributed by atoms with Crippen LogP contribution in [-0.2, 0) is 9.53 Å². The average molecular weight is 271 g/mol. The van der Waals surface area contributed by atoms with Crippen molar-refractivity contribution in [2.24, 2.45) is 11.7 Å². The largest absolute Gasteiger partial charge is 0.465 e. The molecular formula is C14H29N3O2. The van der Waals surface area contributed by atoms with Crippen molar-refractivity contribution in [3.8, 4) is 0 Å². The summed E-state index contributed by atoms with van der Waals surface area (Å²) >= 11 is 0. The van der Waals surface area contributed by atoms with E-state index in [4.69, 9.17) is 10.5 Å². The second-order valence-corrected chi connectivity index (χ2v) is 6.16. The molecule has 0 aromatic heterocycles. The van der Waals surface area contributed by atoms with Crippen LogP contribution in [0.5, 0.6) is 0 Å². The molecule has 5 heteroatoms. The Morgan fingerprint density at radius 1 is 1.47 bits per heavy atom. The Hall–Kier alpha value is -0.650. The molecule has 1 aliphatic heterocycles. The van der Waals surface area contributed by atoms with E-state index in [9.17, 15) is 4.79 Å². The highest BCUT2D eigenvalue weighted by molar-refractivity contribution is 5.79. The lowest BCUT2D eigenvalue weighted by atomic mass is 9.99. The van der Waals surface area contributed by atoms with Crippen LogP contribution in [-0.4, -0.2) is 67.7 Å². The monoisotopic (exact) mass is 271 g/mol. The summed E-state index contributed by atoms with van der Waals surface area (Å²) in [4.78, 5) is 16.4. The van der Waals surface area contributed by atoms with Gasteiger partial charge in [-0.3, -0.25) is 4.79 Å². The highest BCUT2D eigenvalue weighted by Gasteiger charge is 2.34. The van der Waals surface area contributed by atoms with Crippen LogP contribution in [0.2, 0.25) is 0 Å². The first-order chi connectivity index (χ1) is 8.77. The molecule has 2 N–H and O–H groups in total. The van der Waals surface area contributed by atoms with Gasteiger partial charge in [0.2, 0.25) is 0 Å². The van der Waals surface area contributed by atoms with Crippen LogP contribution in [0, 0.1) is 5.92 Å². The Bertz CT molecular complexity index is 305. The number of likely N-dealkylation sites (tertiary alicyclic amines) is 1. The summed E-state index contributed by atoms with van der Waals surface area (Å²) in [7, 11) is 4.24. The molecule has 1 heterocycles. The first-order valence-electron chi connectivity index (χ1n) is 7.12. The molecule has 1 saturated heterocycles. The van der Waals surface area contributed by atoms with Gasteiger partial charge in [-0.05, 0) is 40.3 Å². The van der Waals surface area contributed by atoms with Gasteiger partial charge in [-0.15, -0.1) is 0 Å². The molecule has 0 aromatic rings. The number of carbonyl (C=O) groups excluding carboxylic acids is 1. The van der Waals surface area contributed by atoms with Crippen molar-refractivity contribution in [1.82, 2.24) is 9.80 Å². The maximum absolute atomic E-state index is 11.7.